The van der Waals surface area contributed by atoms with Crippen LogP contribution in [0.25, 0.3) is 0 Å². The number of anilines is 2. The first-order chi connectivity index (χ1) is 7.82. The van der Waals surface area contributed by atoms with Gasteiger partial charge in [0.1, 0.15) is 6.04 Å². The molecule has 3 N–H and O–H groups in total. The Kier molecular flexibility index (Phi) is 3.82. The fourth-order valence-electron chi connectivity index (χ4n) is 1.24. The normalized spacial score (nSPS) is 12.1. The molecule has 94 valence electrons. The van der Waals surface area contributed by atoms with Crippen molar-refractivity contribution in [2.75, 3.05) is 25.1 Å². The van der Waals surface area contributed by atoms with E-state index in [0.717, 1.165) is 0 Å². The van der Waals surface area contributed by atoms with Gasteiger partial charge in [0.2, 0.25) is 5.91 Å². The summed E-state index contributed by atoms with van der Waals surface area (Å²) in [4.78, 5) is 16.4. The molecule has 1 aromatic rings. The van der Waals surface area contributed by atoms with Gasteiger partial charge in [0.15, 0.2) is 23.3 Å². The van der Waals surface area contributed by atoms with E-state index < -0.39 is 23.5 Å². The Bertz CT molecular complexity index is 437. The lowest BCUT2D eigenvalue weighted by Gasteiger charge is -2.18. The van der Waals surface area contributed by atoms with Crippen LogP contribution in [0.2, 0.25) is 0 Å². The van der Waals surface area contributed by atoms with Crippen LogP contribution in [-0.4, -0.2) is 35.9 Å². The number of nitrogen functional groups attached to an aromatic ring is 1. The van der Waals surface area contributed by atoms with Gasteiger partial charge in [-0.25, -0.2) is 13.8 Å². The molecule has 0 saturated carbocycles. The molecule has 1 heterocycles. The summed E-state index contributed by atoms with van der Waals surface area (Å²) < 4.78 is 26.2. The Morgan fingerprint density at radius 2 is 2.06 bits per heavy atom. The lowest BCUT2D eigenvalue weighted by atomic mass is 10.3. The summed E-state index contributed by atoms with van der Waals surface area (Å²) in [6.07, 6.45) is 0. The van der Waals surface area contributed by atoms with E-state index in [4.69, 9.17) is 5.73 Å². The van der Waals surface area contributed by atoms with E-state index in [2.05, 4.69) is 10.3 Å². The summed E-state index contributed by atoms with van der Waals surface area (Å²) in [7, 11) is 3.15. The van der Waals surface area contributed by atoms with Gasteiger partial charge in [0.25, 0.3) is 0 Å². The zero-order chi connectivity index (χ0) is 13.2. The van der Waals surface area contributed by atoms with E-state index in [9.17, 15) is 13.6 Å². The standard InChI is InChI=1S/C10H14F2N4O/c1-5(10(17)16(2)3)14-9-7(12)4-6(11)8(13)15-9/h4-5H,1-3H3,(H3,13,14,15). The molecule has 0 bridgehead atoms. The average molecular weight is 244 g/mol. The minimum absolute atomic E-state index is 0.244. The third-order valence-corrected chi connectivity index (χ3v) is 2.12. The summed E-state index contributed by atoms with van der Waals surface area (Å²) in [5.41, 5.74) is 5.21. The first-order valence-electron chi connectivity index (χ1n) is 4.92. The number of aromatic nitrogens is 1. The molecule has 0 aliphatic rings. The van der Waals surface area contributed by atoms with Crippen molar-refractivity contribution in [3.8, 4) is 0 Å². The summed E-state index contributed by atoms with van der Waals surface area (Å²) in [5, 5.41) is 2.54. The molecule has 0 aromatic carbocycles. The Morgan fingerprint density at radius 1 is 1.47 bits per heavy atom. The second-order valence-corrected chi connectivity index (χ2v) is 3.78. The van der Waals surface area contributed by atoms with Crippen LogP contribution in [-0.2, 0) is 4.79 Å². The number of halogens is 2. The minimum Gasteiger partial charge on any atom is -0.381 e. The molecule has 0 aliphatic heterocycles. The van der Waals surface area contributed by atoms with Crippen LogP contribution in [0.15, 0.2) is 6.07 Å². The van der Waals surface area contributed by atoms with Gasteiger partial charge in [0.05, 0.1) is 0 Å². The quantitative estimate of drug-likeness (QED) is 0.826. The SMILES string of the molecule is CC(Nc1nc(N)c(F)cc1F)C(=O)N(C)C. The van der Waals surface area contributed by atoms with Crippen LogP contribution in [0, 0.1) is 11.6 Å². The Labute approximate surface area is 97.6 Å². The zero-order valence-electron chi connectivity index (χ0n) is 9.79. The predicted molar refractivity (Wildman–Crippen MR) is 60.3 cm³/mol. The number of amides is 1. The number of carbonyl (C=O) groups excluding carboxylic acids is 1. The molecule has 7 heteroatoms. The van der Waals surface area contributed by atoms with E-state index in [1.54, 1.807) is 21.0 Å². The molecule has 1 atom stereocenters. The van der Waals surface area contributed by atoms with E-state index in [-0.39, 0.29) is 11.7 Å². The van der Waals surface area contributed by atoms with Crippen LogP contribution < -0.4 is 11.1 Å². The molecule has 17 heavy (non-hydrogen) atoms. The number of nitrogens with two attached hydrogens (primary N) is 1. The van der Waals surface area contributed by atoms with Crippen LogP contribution in [0.3, 0.4) is 0 Å². The van der Waals surface area contributed by atoms with Crippen molar-refractivity contribution in [3.05, 3.63) is 17.7 Å². The van der Waals surface area contributed by atoms with Crippen molar-refractivity contribution < 1.29 is 13.6 Å². The van der Waals surface area contributed by atoms with E-state index in [1.807, 2.05) is 0 Å². The Balaban J connectivity index is 2.89. The number of pyridine rings is 1. The van der Waals surface area contributed by atoms with Gasteiger partial charge < -0.3 is 16.0 Å². The second-order valence-electron chi connectivity index (χ2n) is 3.78. The highest BCUT2D eigenvalue weighted by molar-refractivity contribution is 5.83. The van der Waals surface area contributed by atoms with Crippen molar-refractivity contribution in [1.82, 2.24) is 9.88 Å². The molecule has 5 nitrogen and oxygen atoms in total. The molecule has 1 amide bonds. The molecule has 1 rings (SSSR count). The summed E-state index contributed by atoms with van der Waals surface area (Å²) in [6, 6.07) is -0.0609. The summed E-state index contributed by atoms with van der Waals surface area (Å²) in [5.74, 6) is -2.74. The lowest BCUT2D eigenvalue weighted by molar-refractivity contribution is -0.129. The Morgan fingerprint density at radius 3 is 2.59 bits per heavy atom. The first kappa shape index (κ1) is 13.1. The van der Waals surface area contributed by atoms with Gasteiger partial charge in [-0.1, -0.05) is 0 Å². The molecule has 0 spiro atoms. The Hall–Kier alpha value is -1.92. The van der Waals surface area contributed by atoms with E-state index in [0.29, 0.717) is 6.07 Å². The highest BCUT2D eigenvalue weighted by Crippen LogP contribution is 2.17. The van der Waals surface area contributed by atoms with Crippen molar-refractivity contribution in [2.24, 2.45) is 0 Å². The van der Waals surface area contributed by atoms with Crippen LogP contribution in [0.1, 0.15) is 6.92 Å². The van der Waals surface area contributed by atoms with Crippen molar-refractivity contribution in [3.63, 3.8) is 0 Å². The lowest BCUT2D eigenvalue weighted by Crippen LogP contribution is -2.37. The smallest absolute Gasteiger partial charge is 0.244 e. The molecular weight excluding hydrogens is 230 g/mol. The van der Waals surface area contributed by atoms with Crippen LogP contribution >= 0.6 is 0 Å². The molecule has 0 saturated heterocycles. The topological polar surface area (TPSA) is 71.2 Å². The van der Waals surface area contributed by atoms with Gasteiger partial charge in [0, 0.05) is 20.2 Å². The average Bonchev–Trinajstić information content (AvgIpc) is 2.24. The third kappa shape index (κ3) is 3.02. The van der Waals surface area contributed by atoms with Gasteiger partial charge in [-0.05, 0) is 6.92 Å². The van der Waals surface area contributed by atoms with Crippen molar-refractivity contribution in [2.45, 2.75) is 13.0 Å². The molecule has 1 unspecified atom stereocenters. The third-order valence-electron chi connectivity index (χ3n) is 2.12. The number of nitrogens with zero attached hydrogens (tertiary/aromatic N) is 2. The van der Waals surface area contributed by atoms with E-state index >= 15 is 0 Å². The number of hydrogen-bond donors (Lipinski definition) is 2. The molecule has 0 fully saturated rings. The zero-order valence-corrected chi connectivity index (χ0v) is 9.79. The van der Waals surface area contributed by atoms with E-state index in [1.165, 1.54) is 4.90 Å². The van der Waals surface area contributed by atoms with Gasteiger partial charge in [-0.15, -0.1) is 0 Å². The number of likely N-dealkylation sites (N-methyl/N-ethyl adjacent to an activating group) is 1. The monoisotopic (exact) mass is 244 g/mol. The fourth-order valence-corrected chi connectivity index (χ4v) is 1.24. The molecule has 0 aliphatic carbocycles. The predicted octanol–water partition coefficient (Wildman–Crippen LogP) is 0.831. The van der Waals surface area contributed by atoms with Gasteiger partial charge in [-0.2, -0.15) is 0 Å². The molecule has 0 radical (unpaired) electrons. The van der Waals surface area contributed by atoms with Crippen molar-refractivity contribution >= 4 is 17.5 Å². The largest absolute Gasteiger partial charge is 0.381 e. The number of hydrogen-bond acceptors (Lipinski definition) is 4. The van der Waals surface area contributed by atoms with Gasteiger partial charge in [-0.3, -0.25) is 4.79 Å². The highest BCUT2D eigenvalue weighted by atomic mass is 19.1. The maximum Gasteiger partial charge on any atom is 0.244 e. The first-order valence-corrected chi connectivity index (χ1v) is 4.92. The number of rotatable bonds is 3. The van der Waals surface area contributed by atoms with Crippen molar-refractivity contribution in [1.29, 1.82) is 0 Å². The molecular formula is C10H14F2N4O. The second kappa shape index (κ2) is 4.94. The van der Waals surface area contributed by atoms with Crippen LogP contribution in [0.4, 0.5) is 20.4 Å². The molecule has 1 aromatic heterocycles. The van der Waals surface area contributed by atoms with Crippen LogP contribution in [0.5, 0.6) is 0 Å². The van der Waals surface area contributed by atoms with Gasteiger partial charge >= 0.3 is 0 Å². The highest BCUT2D eigenvalue weighted by Gasteiger charge is 2.18. The summed E-state index contributed by atoms with van der Waals surface area (Å²) >= 11 is 0. The minimum atomic E-state index is -0.931. The fraction of sp³-hybridized carbons (Fsp3) is 0.400. The number of carbonyl (C=O) groups is 1. The summed E-state index contributed by atoms with van der Waals surface area (Å²) in [6.45, 7) is 1.54. The maximum absolute atomic E-state index is 13.3. The number of nitrogens with one attached hydrogen (secondary N) is 1. The maximum atomic E-state index is 13.3.